The van der Waals surface area contributed by atoms with Crippen molar-refractivity contribution < 1.29 is 48.3 Å². The monoisotopic (exact) mass is 654 g/mol. The first-order valence-electron chi connectivity index (χ1n) is 15.1. The highest BCUT2D eigenvalue weighted by Crippen LogP contribution is 2.31. The summed E-state index contributed by atoms with van der Waals surface area (Å²) in [7, 11) is 0. The van der Waals surface area contributed by atoms with Crippen LogP contribution in [0, 0.1) is 0 Å². The fourth-order valence-electron chi connectivity index (χ4n) is 5.05. The first-order valence-corrected chi connectivity index (χ1v) is 15.1. The molecule has 2 fully saturated rings. The van der Waals surface area contributed by atoms with E-state index >= 15 is 0 Å². The Hall–Kier alpha value is -5.72. The number of hydrogen-bond donors (Lipinski definition) is 4. The third-order valence-electron chi connectivity index (χ3n) is 7.53. The van der Waals surface area contributed by atoms with E-state index in [2.05, 4.69) is 10.6 Å². The summed E-state index contributed by atoms with van der Waals surface area (Å²) in [5, 5.41) is 25.3. The Balaban J connectivity index is 0.000000188. The minimum Gasteiger partial charge on any atom is -0.453 e. The highest BCUT2D eigenvalue weighted by Gasteiger charge is 2.46. The second-order valence-electron chi connectivity index (χ2n) is 10.9. The van der Waals surface area contributed by atoms with Gasteiger partial charge in [-0.15, -0.1) is 0 Å². The van der Waals surface area contributed by atoms with Crippen LogP contribution < -0.4 is 10.6 Å². The lowest BCUT2D eigenvalue weighted by Crippen LogP contribution is -2.45. The lowest BCUT2D eigenvalue weighted by atomic mass is 10.0. The quantitative estimate of drug-likeness (QED) is 0.162. The topological polar surface area (TPSA) is 170 Å². The zero-order valence-electron chi connectivity index (χ0n) is 25.6. The van der Waals surface area contributed by atoms with Crippen LogP contribution in [0.5, 0.6) is 0 Å². The number of amides is 2. The molecule has 12 nitrogen and oxygen atoms in total. The van der Waals surface area contributed by atoms with E-state index in [1.165, 1.54) is 0 Å². The molecule has 0 radical (unpaired) electrons. The number of benzene rings is 4. The van der Waals surface area contributed by atoms with Crippen LogP contribution in [-0.4, -0.2) is 58.6 Å². The highest BCUT2D eigenvalue weighted by atomic mass is 16.6. The van der Waals surface area contributed by atoms with Crippen molar-refractivity contribution in [3.8, 4) is 0 Å². The maximum Gasteiger partial charge on any atom is 0.408 e. The van der Waals surface area contributed by atoms with Gasteiger partial charge in [0.15, 0.2) is 24.3 Å². The Bertz CT molecular complexity index is 1530. The Morgan fingerprint density at radius 2 is 0.854 bits per heavy atom. The van der Waals surface area contributed by atoms with Crippen LogP contribution in [0.3, 0.4) is 0 Å². The number of ether oxygens (including phenoxy) is 4. The molecule has 6 atom stereocenters. The molecule has 0 bridgehead atoms. The van der Waals surface area contributed by atoms with Crippen LogP contribution >= 0.6 is 0 Å². The zero-order valence-corrected chi connectivity index (χ0v) is 25.6. The zero-order chi connectivity index (χ0) is 33.9. The Morgan fingerprint density at radius 1 is 0.542 bits per heavy atom. The molecule has 12 heteroatoms. The van der Waals surface area contributed by atoms with Gasteiger partial charge >= 0.3 is 24.1 Å². The summed E-state index contributed by atoms with van der Waals surface area (Å²) in [6, 6.07) is 33.8. The van der Waals surface area contributed by atoms with Gasteiger partial charge in [-0.3, -0.25) is 0 Å². The van der Waals surface area contributed by atoms with Gasteiger partial charge in [-0.1, -0.05) is 121 Å². The standard InChI is InChI=1S/2C18H17NO5/c2*20-15-14(17(21)24-16(15)13-9-5-2-6-10-13)19-18(22)23-11-12-7-3-1-4-8-12/h2*1-10,14-16,20H,11H2,(H,19,22)/t2*14-,15+,16+/m00/s1. The van der Waals surface area contributed by atoms with Crippen molar-refractivity contribution in [2.75, 3.05) is 0 Å². The molecule has 4 N–H and O–H groups in total. The maximum absolute atomic E-state index is 11.9. The largest absolute Gasteiger partial charge is 0.453 e. The van der Waals surface area contributed by atoms with Crippen LogP contribution in [0.25, 0.3) is 0 Å². The third kappa shape index (κ3) is 8.75. The van der Waals surface area contributed by atoms with Gasteiger partial charge in [-0.05, 0) is 22.3 Å². The fraction of sp³-hybridized carbons (Fsp3) is 0.222. The summed E-state index contributed by atoms with van der Waals surface area (Å²) in [6.07, 6.45) is -5.54. The van der Waals surface area contributed by atoms with Crippen LogP contribution in [-0.2, 0) is 41.8 Å². The Morgan fingerprint density at radius 3 is 1.19 bits per heavy atom. The van der Waals surface area contributed by atoms with E-state index in [-0.39, 0.29) is 13.2 Å². The number of aliphatic hydroxyl groups excluding tert-OH is 2. The van der Waals surface area contributed by atoms with Gasteiger partial charge in [0, 0.05) is 0 Å². The highest BCUT2D eigenvalue weighted by molar-refractivity contribution is 5.85. The van der Waals surface area contributed by atoms with Crippen molar-refractivity contribution in [3.05, 3.63) is 144 Å². The molecule has 248 valence electrons. The lowest BCUT2D eigenvalue weighted by Gasteiger charge is -2.16. The van der Waals surface area contributed by atoms with Gasteiger partial charge in [-0.2, -0.15) is 0 Å². The second-order valence-corrected chi connectivity index (χ2v) is 10.9. The number of hydrogen-bond acceptors (Lipinski definition) is 10. The molecule has 2 amide bonds. The average molecular weight is 655 g/mol. The number of carbonyl (C=O) groups excluding carboxylic acids is 4. The van der Waals surface area contributed by atoms with Gasteiger partial charge in [0.2, 0.25) is 0 Å². The van der Waals surface area contributed by atoms with Crippen molar-refractivity contribution in [3.63, 3.8) is 0 Å². The van der Waals surface area contributed by atoms with E-state index in [1.807, 2.05) is 72.8 Å². The van der Waals surface area contributed by atoms with Gasteiger partial charge in [-0.25, -0.2) is 19.2 Å². The van der Waals surface area contributed by atoms with Gasteiger partial charge < -0.3 is 39.8 Å². The van der Waals surface area contributed by atoms with E-state index in [1.54, 1.807) is 48.5 Å². The molecule has 0 aromatic heterocycles. The van der Waals surface area contributed by atoms with E-state index in [0.717, 1.165) is 11.1 Å². The summed E-state index contributed by atoms with van der Waals surface area (Å²) in [5.41, 5.74) is 2.98. The number of aliphatic hydroxyl groups is 2. The van der Waals surface area contributed by atoms with Gasteiger partial charge in [0.05, 0.1) is 0 Å². The smallest absolute Gasteiger partial charge is 0.408 e. The lowest BCUT2D eigenvalue weighted by molar-refractivity contribution is -0.144. The average Bonchev–Trinajstić information content (AvgIpc) is 3.57. The van der Waals surface area contributed by atoms with E-state index in [4.69, 9.17) is 18.9 Å². The van der Waals surface area contributed by atoms with Crippen molar-refractivity contribution >= 4 is 24.1 Å². The fourth-order valence-corrected chi connectivity index (χ4v) is 5.05. The second kappa shape index (κ2) is 16.2. The molecule has 0 unspecified atom stereocenters. The SMILES string of the molecule is O=C(N[C@@H]1C(=O)O[C@H](c2ccccc2)[C@@H]1O)OCc1ccccc1.O=C(N[C@@H]1C(=O)O[C@H](c2ccccc2)[C@@H]1O)OCc1ccccc1. The third-order valence-corrected chi connectivity index (χ3v) is 7.53. The molecule has 6 rings (SSSR count). The molecule has 0 spiro atoms. The van der Waals surface area contributed by atoms with E-state index in [0.29, 0.717) is 11.1 Å². The van der Waals surface area contributed by atoms with Crippen molar-refractivity contribution in [1.82, 2.24) is 10.6 Å². The molecular formula is C36H34N2O10. The molecule has 2 heterocycles. The molecule has 48 heavy (non-hydrogen) atoms. The molecule has 2 aliphatic rings. The first-order chi connectivity index (χ1) is 23.3. The number of esters is 2. The summed E-state index contributed by atoms with van der Waals surface area (Å²) in [4.78, 5) is 47.6. The molecule has 0 aliphatic carbocycles. The maximum atomic E-state index is 11.9. The predicted octanol–water partition coefficient (Wildman–Crippen LogP) is 3.88. The van der Waals surface area contributed by atoms with Crippen LogP contribution in [0.4, 0.5) is 9.59 Å². The number of alkyl carbamates (subject to hydrolysis) is 2. The molecule has 2 saturated heterocycles. The normalized spacial score (nSPS) is 22.7. The van der Waals surface area contributed by atoms with Gasteiger partial charge in [0.1, 0.15) is 25.4 Å². The molecular weight excluding hydrogens is 620 g/mol. The number of carbonyl (C=O) groups is 4. The minimum absolute atomic E-state index is 0.0760. The predicted molar refractivity (Wildman–Crippen MR) is 170 cm³/mol. The van der Waals surface area contributed by atoms with Crippen molar-refractivity contribution in [2.45, 2.75) is 49.7 Å². The Kier molecular flexibility index (Phi) is 11.4. The van der Waals surface area contributed by atoms with Crippen LogP contribution in [0.1, 0.15) is 34.5 Å². The van der Waals surface area contributed by atoms with Gasteiger partial charge in [0.25, 0.3) is 0 Å². The summed E-state index contributed by atoms with van der Waals surface area (Å²) in [6.45, 7) is 0.152. The molecule has 2 aliphatic heterocycles. The summed E-state index contributed by atoms with van der Waals surface area (Å²) in [5.74, 6) is -1.37. The molecule has 0 saturated carbocycles. The van der Waals surface area contributed by atoms with Crippen LogP contribution in [0.15, 0.2) is 121 Å². The minimum atomic E-state index is -1.18. The molecule has 4 aromatic rings. The molecule has 4 aromatic carbocycles. The number of nitrogens with one attached hydrogen (secondary N) is 2. The summed E-state index contributed by atoms with van der Waals surface area (Å²) < 4.78 is 20.5. The first kappa shape index (κ1) is 33.6. The van der Waals surface area contributed by atoms with E-state index < -0.39 is 60.6 Å². The number of cyclic esters (lactones) is 2. The number of rotatable bonds is 8. The van der Waals surface area contributed by atoms with Crippen molar-refractivity contribution in [2.24, 2.45) is 0 Å². The van der Waals surface area contributed by atoms with Crippen molar-refractivity contribution in [1.29, 1.82) is 0 Å². The summed E-state index contributed by atoms with van der Waals surface area (Å²) >= 11 is 0. The van der Waals surface area contributed by atoms with Crippen LogP contribution in [0.2, 0.25) is 0 Å². The van der Waals surface area contributed by atoms with E-state index in [9.17, 15) is 29.4 Å². The Labute approximate surface area is 276 Å².